The number of anilines is 1. The van der Waals surface area contributed by atoms with Crippen LogP contribution in [0.4, 0.5) is 5.13 Å². The van der Waals surface area contributed by atoms with Gasteiger partial charge in [-0.1, -0.05) is 34.2 Å². The Hall–Kier alpha value is -4.31. The number of carbonyl (C=O) groups is 3. The summed E-state index contributed by atoms with van der Waals surface area (Å²) in [7, 11) is 0. The van der Waals surface area contributed by atoms with Crippen molar-refractivity contribution in [3.8, 4) is 34.4 Å². The third kappa shape index (κ3) is 5.85. The quantitative estimate of drug-likeness (QED) is 0.0403. The third-order valence-electron chi connectivity index (χ3n) is 5.82. The number of carboxylic acid groups (broad SMARTS) is 1. The first kappa shape index (κ1) is 29.2. The number of aromatic hydroxyl groups is 2. The summed E-state index contributed by atoms with van der Waals surface area (Å²) < 4.78 is 0.545. The first-order chi connectivity index (χ1) is 20.2. The van der Waals surface area contributed by atoms with Gasteiger partial charge in [-0.3, -0.25) is 14.5 Å². The van der Waals surface area contributed by atoms with E-state index < -0.39 is 29.2 Å². The van der Waals surface area contributed by atoms with Crippen molar-refractivity contribution in [2.45, 2.75) is 15.8 Å². The molecule has 0 aliphatic carbocycles. The molecule has 1 saturated heterocycles. The average molecular weight is 646 g/mol. The van der Waals surface area contributed by atoms with Crippen molar-refractivity contribution >= 4 is 74.8 Å². The normalized spacial score (nSPS) is 18.2. The Morgan fingerprint density at radius 1 is 1.31 bits per heavy atom. The van der Waals surface area contributed by atoms with E-state index in [9.17, 15) is 29.7 Å². The summed E-state index contributed by atoms with van der Waals surface area (Å²) in [5.41, 5.74) is 6.51. The fraction of sp³-hybridized carbons (Fsp3) is 0.208. The predicted molar refractivity (Wildman–Crippen MR) is 157 cm³/mol. The molecule has 14 nitrogen and oxygen atoms in total. The summed E-state index contributed by atoms with van der Waals surface area (Å²) in [6.45, 7) is -0.197. The number of nitrogen functional groups attached to an aromatic ring is 1. The number of fused-ring (bicyclic) bond motifs is 1. The second-order valence-electron chi connectivity index (χ2n) is 8.47. The van der Waals surface area contributed by atoms with Gasteiger partial charge in [0, 0.05) is 22.4 Å². The van der Waals surface area contributed by atoms with Gasteiger partial charge in [0.25, 0.3) is 11.8 Å². The third-order valence-corrected chi connectivity index (χ3v) is 10.0. The summed E-state index contributed by atoms with van der Waals surface area (Å²) in [6.07, 6.45) is 5.17. The average Bonchev–Trinajstić information content (AvgIpc) is 3.62. The van der Waals surface area contributed by atoms with Gasteiger partial charge in [0.1, 0.15) is 27.8 Å². The maximum absolute atomic E-state index is 13.1. The Balaban J connectivity index is 1.28. The molecular formula is C24H19N7O7S4. The molecule has 2 aromatic heterocycles. The van der Waals surface area contributed by atoms with Crippen LogP contribution in [0.25, 0.3) is 10.6 Å². The number of terminal acetylenes is 1. The van der Waals surface area contributed by atoms with Crippen LogP contribution in [-0.2, 0) is 19.2 Å². The van der Waals surface area contributed by atoms with Gasteiger partial charge >= 0.3 is 5.97 Å². The summed E-state index contributed by atoms with van der Waals surface area (Å²) in [5.74, 6) is -0.414. The molecule has 42 heavy (non-hydrogen) atoms. The molecule has 0 spiro atoms. The van der Waals surface area contributed by atoms with E-state index in [2.05, 4.69) is 31.6 Å². The van der Waals surface area contributed by atoms with E-state index in [0.29, 0.717) is 26.2 Å². The van der Waals surface area contributed by atoms with Crippen molar-refractivity contribution in [3.63, 3.8) is 0 Å². The van der Waals surface area contributed by atoms with Crippen LogP contribution in [0.1, 0.15) is 5.69 Å². The number of rotatable bonds is 10. The minimum absolute atomic E-state index is 0.138. The lowest BCUT2D eigenvalue weighted by Gasteiger charge is -2.49. The summed E-state index contributed by atoms with van der Waals surface area (Å²) >= 11 is 4.88. The SMILES string of the molecule is C#CCO/N=C(\C(=O)N[C@@H]1C(=O)N2C(C(=O)O)=C(CSc3nnc(-c4ccc(O)c(O)c4)s3)CS[C@H]12)c1csc(N)n1. The van der Waals surface area contributed by atoms with Crippen LogP contribution in [0.5, 0.6) is 11.5 Å². The molecule has 3 aromatic rings. The molecule has 2 aliphatic heterocycles. The highest BCUT2D eigenvalue weighted by molar-refractivity contribution is 8.01. The molecule has 0 saturated carbocycles. The highest BCUT2D eigenvalue weighted by Crippen LogP contribution is 2.42. The molecule has 0 unspecified atom stereocenters. The maximum atomic E-state index is 13.1. The number of benzene rings is 1. The number of thiazole rings is 1. The van der Waals surface area contributed by atoms with Crippen molar-refractivity contribution in [3.05, 3.63) is 40.5 Å². The number of thioether (sulfide) groups is 2. The number of nitrogens with one attached hydrogen (secondary N) is 1. The van der Waals surface area contributed by atoms with Crippen molar-refractivity contribution < 1.29 is 34.5 Å². The molecule has 216 valence electrons. The minimum atomic E-state index is -1.27. The zero-order valence-electron chi connectivity index (χ0n) is 21.1. The van der Waals surface area contributed by atoms with Gasteiger partial charge in [-0.2, -0.15) is 0 Å². The lowest BCUT2D eigenvalue weighted by atomic mass is 10.0. The number of aliphatic carboxylic acids is 1. The lowest BCUT2D eigenvalue weighted by molar-refractivity contribution is -0.150. The molecule has 4 heterocycles. The number of nitrogens with zero attached hydrogens (tertiary/aromatic N) is 5. The fourth-order valence-electron chi connectivity index (χ4n) is 3.93. The van der Waals surface area contributed by atoms with Gasteiger partial charge in [0.15, 0.2) is 33.3 Å². The van der Waals surface area contributed by atoms with Crippen molar-refractivity contribution in [1.29, 1.82) is 0 Å². The second kappa shape index (κ2) is 12.3. The van der Waals surface area contributed by atoms with E-state index in [-0.39, 0.29) is 46.1 Å². The number of aromatic nitrogens is 3. The van der Waals surface area contributed by atoms with Crippen LogP contribution in [-0.4, -0.2) is 88.4 Å². The van der Waals surface area contributed by atoms with Crippen LogP contribution in [0.2, 0.25) is 0 Å². The van der Waals surface area contributed by atoms with E-state index in [0.717, 1.165) is 16.2 Å². The minimum Gasteiger partial charge on any atom is -0.504 e. The summed E-state index contributed by atoms with van der Waals surface area (Å²) in [4.78, 5) is 48.5. The van der Waals surface area contributed by atoms with Gasteiger partial charge in [0.2, 0.25) is 0 Å². The molecule has 18 heteroatoms. The molecule has 0 radical (unpaired) electrons. The zero-order chi connectivity index (χ0) is 30.0. The number of β-lactam (4-membered cyclic amide) rings is 1. The number of phenolic OH excluding ortho intramolecular Hbond substituents is 2. The van der Waals surface area contributed by atoms with Crippen LogP contribution < -0.4 is 11.1 Å². The van der Waals surface area contributed by atoms with E-state index in [1.165, 1.54) is 52.4 Å². The Labute approximate surface area is 253 Å². The smallest absolute Gasteiger partial charge is 0.352 e. The zero-order valence-corrected chi connectivity index (χ0v) is 24.3. The van der Waals surface area contributed by atoms with E-state index in [1.54, 1.807) is 6.07 Å². The van der Waals surface area contributed by atoms with Crippen molar-refractivity contribution in [2.24, 2.45) is 5.16 Å². The van der Waals surface area contributed by atoms with E-state index >= 15 is 0 Å². The number of oxime groups is 1. The monoisotopic (exact) mass is 645 g/mol. The molecule has 1 fully saturated rings. The van der Waals surface area contributed by atoms with Gasteiger partial charge in [-0.25, -0.2) is 9.78 Å². The second-order valence-corrected chi connectivity index (χ2v) is 12.7. The number of phenols is 2. The highest BCUT2D eigenvalue weighted by Gasteiger charge is 2.54. The van der Waals surface area contributed by atoms with Gasteiger partial charge in [-0.15, -0.1) is 39.7 Å². The molecule has 2 amide bonds. The number of hydrogen-bond donors (Lipinski definition) is 5. The lowest BCUT2D eigenvalue weighted by Crippen LogP contribution is -2.71. The molecule has 0 bridgehead atoms. The predicted octanol–water partition coefficient (Wildman–Crippen LogP) is 1.54. The first-order valence-corrected chi connectivity index (χ1v) is 15.4. The van der Waals surface area contributed by atoms with E-state index in [1.807, 2.05) is 0 Å². The topological polar surface area (TPSA) is 213 Å². The Morgan fingerprint density at radius 3 is 2.81 bits per heavy atom. The maximum Gasteiger partial charge on any atom is 0.352 e. The van der Waals surface area contributed by atoms with Gasteiger partial charge in [-0.05, 0) is 23.8 Å². The highest BCUT2D eigenvalue weighted by atomic mass is 32.2. The van der Waals surface area contributed by atoms with Crippen LogP contribution in [0, 0.1) is 12.3 Å². The molecule has 6 N–H and O–H groups in total. The first-order valence-electron chi connectivity index (χ1n) is 11.7. The fourth-order valence-corrected chi connectivity index (χ4v) is 7.81. The molecule has 1 aromatic carbocycles. The number of amides is 2. The standard InChI is InChI=1S/C24H19N7O7S4/c1-2-5-38-30-15(12-9-40-23(25)26-12)18(34)27-16-20(35)31-17(22(36)37)11(7-39-21(16)31)8-41-24-29-28-19(42-24)10-3-4-13(32)14(33)6-10/h1,3-4,6,9,16,21,32-33H,5,7-8H2,(H2,25,26)(H,27,34)(H,36,37)/b30-15-/t16-,21-/m1/s1. The van der Waals surface area contributed by atoms with Crippen LogP contribution >= 0.6 is 46.2 Å². The molecular weight excluding hydrogens is 627 g/mol. The van der Waals surface area contributed by atoms with Gasteiger partial charge < -0.3 is 31.2 Å². The summed E-state index contributed by atoms with van der Waals surface area (Å²) in [5, 5.41) is 45.4. The number of nitrogens with two attached hydrogens (primary N) is 1. The van der Waals surface area contributed by atoms with Crippen LogP contribution in [0.3, 0.4) is 0 Å². The largest absolute Gasteiger partial charge is 0.504 e. The number of hydrogen-bond acceptors (Lipinski definition) is 15. The van der Waals surface area contributed by atoms with Crippen molar-refractivity contribution in [1.82, 2.24) is 25.4 Å². The molecule has 5 rings (SSSR count). The van der Waals surface area contributed by atoms with Gasteiger partial charge in [0.05, 0.1) is 0 Å². The van der Waals surface area contributed by atoms with Crippen molar-refractivity contribution in [2.75, 3.05) is 23.8 Å². The molecule has 2 atom stereocenters. The number of carboxylic acids is 1. The van der Waals surface area contributed by atoms with Crippen LogP contribution in [0.15, 0.2) is 44.3 Å². The molecule has 2 aliphatic rings. The van der Waals surface area contributed by atoms with E-state index in [4.69, 9.17) is 17.0 Å². The number of carbonyl (C=O) groups excluding carboxylic acids is 2. The Morgan fingerprint density at radius 2 is 2.12 bits per heavy atom. The summed E-state index contributed by atoms with van der Waals surface area (Å²) in [6, 6.07) is 3.29. The Kier molecular flexibility index (Phi) is 8.54. The Bertz CT molecular complexity index is 1680.